The van der Waals surface area contributed by atoms with Gasteiger partial charge >= 0.3 is 6.09 Å². The number of alkyl halides is 1. The molecule has 0 bridgehead atoms. The fraction of sp³-hybridized carbons (Fsp3) is 0.333. The number of carboxylic acid groups (broad SMARTS) is 1. The third-order valence-corrected chi connectivity index (χ3v) is 3.88. The summed E-state index contributed by atoms with van der Waals surface area (Å²) >= 11 is 0. The number of benzene rings is 1. The van der Waals surface area contributed by atoms with E-state index in [9.17, 15) is 9.18 Å². The highest BCUT2D eigenvalue weighted by Gasteiger charge is 2.47. The van der Waals surface area contributed by atoms with Crippen LogP contribution in [-0.2, 0) is 5.41 Å². The molecule has 1 saturated carbocycles. The van der Waals surface area contributed by atoms with Gasteiger partial charge in [0, 0.05) is 11.5 Å². The van der Waals surface area contributed by atoms with Gasteiger partial charge in [-0.25, -0.2) is 9.48 Å². The first-order chi connectivity index (χ1) is 10.0. The van der Waals surface area contributed by atoms with Crippen molar-refractivity contribution in [2.45, 2.75) is 25.2 Å². The van der Waals surface area contributed by atoms with Gasteiger partial charge in [0.2, 0.25) is 0 Å². The first-order valence-corrected chi connectivity index (χ1v) is 6.78. The van der Waals surface area contributed by atoms with Gasteiger partial charge in [-0.2, -0.15) is 5.10 Å². The lowest BCUT2D eigenvalue weighted by molar-refractivity contribution is 0.209. The molecule has 1 aliphatic rings. The molecule has 5 nitrogen and oxygen atoms in total. The average molecular weight is 289 g/mol. The summed E-state index contributed by atoms with van der Waals surface area (Å²) in [5.41, 5.74) is 1.92. The maximum absolute atomic E-state index is 13.2. The first-order valence-electron chi connectivity index (χ1n) is 6.78. The van der Waals surface area contributed by atoms with Crippen molar-refractivity contribution in [2.24, 2.45) is 0 Å². The Hall–Kier alpha value is -2.37. The van der Waals surface area contributed by atoms with Gasteiger partial charge in [-0.15, -0.1) is 0 Å². The molecule has 0 radical (unpaired) electrons. The Bertz CT molecular complexity index is 675. The number of aromatic nitrogens is 2. The summed E-state index contributed by atoms with van der Waals surface area (Å²) in [5, 5.41) is 15.7. The second-order valence-corrected chi connectivity index (χ2v) is 5.51. The minimum Gasteiger partial charge on any atom is -0.465 e. The number of amides is 1. The van der Waals surface area contributed by atoms with E-state index >= 15 is 0 Å². The third-order valence-electron chi connectivity index (χ3n) is 3.88. The maximum atomic E-state index is 13.2. The van der Waals surface area contributed by atoms with Crippen molar-refractivity contribution >= 4 is 11.9 Å². The molecular formula is C15H16FN3O2. The summed E-state index contributed by atoms with van der Waals surface area (Å²) < 4.78 is 14.7. The van der Waals surface area contributed by atoms with Crippen molar-refractivity contribution in [1.82, 2.24) is 9.78 Å². The van der Waals surface area contributed by atoms with E-state index in [0.717, 1.165) is 24.1 Å². The zero-order valence-corrected chi connectivity index (χ0v) is 11.6. The summed E-state index contributed by atoms with van der Waals surface area (Å²) in [6, 6.07) is 9.18. The van der Waals surface area contributed by atoms with Crippen LogP contribution in [0.5, 0.6) is 0 Å². The molecule has 3 rings (SSSR count). The molecule has 1 heterocycles. The number of rotatable bonds is 4. The van der Waals surface area contributed by atoms with Gasteiger partial charge in [0.25, 0.3) is 0 Å². The fourth-order valence-corrected chi connectivity index (χ4v) is 2.33. The number of halogens is 1. The van der Waals surface area contributed by atoms with E-state index in [2.05, 4.69) is 10.4 Å². The van der Waals surface area contributed by atoms with E-state index in [1.807, 2.05) is 31.2 Å². The van der Waals surface area contributed by atoms with Crippen molar-refractivity contribution in [3.8, 4) is 5.69 Å². The number of anilines is 1. The van der Waals surface area contributed by atoms with Crippen LogP contribution in [0.15, 0.2) is 30.3 Å². The molecule has 1 amide bonds. The molecule has 1 aromatic heterocycles. The summed E-state index contributed by atoms with van der Waals surface area (Å²) in [6.45, 7) is 1.50. The van der Waals surface area contributed by atoms with E-state index in [1.54, 1.807) is 6.07 Å². The molecule has 6 heteroatoms. The van der Waals surface area contributed by atoms with Gasteiger partial charge in [0.05, 0.1) is 11.4 Å². The second kappa shape index (κ2) is 4.87. The van der Waals surface area contributed by atoms with Crippen LogP contribution in [0, 0.1) is 6.92 Å². The first kappa shape index (κ1) is 13.6. The Kier molecular flexibility index (Phi) is 3.16. The van der Waals surface area contributed by atoms with Crippen molar-refractivity contribution in [1.29, 1.82) is 0 Å². The molecule has 21 heavy (non-hydrogen) atoms. The highest BCUT2D eigenvalue weighted by Crippen LogP contribution is 2.48. The predicted molar refractivity (Wildman–Crippen MR) is 76.8 cm³/mol. The largest absolute Gasteiger partial charge is 0.465 e. The number of nitrogens with one attached hydrogen (secondary N) is 1. The van der Waals surface area contributed by atoms with Crippen molar-refractivity contribution < 1.29 is 14.3 Å². The Morgan fingerprint density at radius 2 is 2.10 bits per heavy atom. The zero-order chi connectivity index (χ0) is 15.0. The lowest BCUT2D eigenvalue weighted by atomic mass is 10.1. The molecule has 0 saturated heterocycles. The Morgan fingerprint density at radius 1 is 1.43 bits per heavy atom. The van der Waals surface area contributed by atoms with Crippen LogP contribution < -0.4 is 5.32 Å². The van der Waals surface area contributed by atoms with Crippen molar-refractivity contribution in [3.05, 3.63) is 41.6 Å². The monoisotopic (exact) mass is 289 g/mol. The molecule has 0 spiro atoms. The highest BCUT2D eigenvalue weighted by atomic mass is 19.1. The van der Waals surface area contributed by atoms with Gasteiger partial charge in [-0.3, -0.25) is 9.71 Å². The number of carbonyl (C=O) groups is 1. The van der Waals surface area contributed by atoms with Crippen LogP contribution in [0.3, 0.4) is 0 Å². The average Bonchev–Trinajstić information content (AvgIpc) is 3.15. The minimum absolute atomic E-state index is 0.334. The molecule has 2 N–H and O–H groups in total. The maximum Gasteiger partial charge on any atom is 0.410 e. The lowest BCUT2D eigenvalue weighted by Gasteiger charge is -2.07. The Labute approximate surface area is 121 Å². The van der Waals surface area contributed by atoms with Gasteiger partial charge in [0.1, 0.15) is 12.5 Å². The molecule has 2 aromatic rings. The van der Waals surface area contributed by atoms with Crippen LogP contribution >= 0.6 is 0 Å². The van der Waals surface area contributed by atoms with Crippen molar-refractivity contribution in [3.63, 3.8) is 0 Å². The van der Waals surface area contributed by atoms with Crippen LogP contribution in [-0.4, -0.2) is 27.7 Å². The van der Waals surface area contributed by atoms with Crippen LogP contribution in [0.2, 0.25) is 0 Å². The molecule has 1 aromatic carbocycles. The summed E-state index contributed by atoms with van der Waals surface area (Å²) in [4.78, 5) is 10.9. The molecule has 0 aliphatic heterocycles. The van der Waals surface area contributed by atoms with Gasteiger partial charge in [-0.05, 0) is 31.9 Å². The van der Waals surface area contributed by atoms with Gasteiger partial charge in [-0.1, -0.05) is 17.7 Å². The van der Waals surface area contributed by atoms with Gasteiger partial charge < -0.3 is 5.11 Å². The lowest BCUT2D eigenvalue weighted by Crippen LogP contribution is -2.12. The van der Waals surface area contributed by atoms with E-state index < -0.39 is 18.2 Å². The summed E-state index contributed by atoms with van der Waals surface area (Å²) in [7, 11) is 0. The molecule has 1 fully saturated rings. The SMILES string of the molecule is Cc1ccc(-n2nc(C3(CF)CC3)cc2NC(=O)O)cc1. The highest BCUT2D eigenvalue weighted by molar-refractivity contribution is 5.82. The molecule has 0 atom stereocenters. The quantitative estimate of drug-likeness (QED) is 0.907. The molecule has 110 valence electrons. The topological polar surface area (TPSA) is 67.2 Å². The van der Waals surface area contributed by atoms with E-state index in [1.165, 1.54) is 4.68 Å². The zero-order valence-electron chi connectivity index (χ0n) is 11.6. The standard InChI is InChI=1S/C15H16FN3O2/c1-10-2-4-11(5-3-10)19-13(17-14(20)21)8-12(18-19)15(9-16)6-7-15/h2-5,8,17H,6-7,9H2,1H3,(H,20,21). The third kappa shape index (κ3) is 2.49. The van der Waals surface area contributed by atoms with Crippen LogP contribution in [0.4, 0.5) is 15.0 Å². The van der Waals surface area contributed by atoms with E-state index in [-0.39, 0.29) is 0 Å². The number of nitrogens with zero attached hydrogens (tertiary/aromatic N) is 2. The summed E-state index contributed by atoms with van der Waals surface area (Å²) in [5.74, 6) is 0.334. The van der Waals surface area contributed by atoms with Gasteiger partial charge in [0.15, 0.2) is 0 Å². The van der Waals surface area contributed by atoms with E-state index in [4.69, 9.17) is 5.11 Å². The second-order valence-electron chi connectivity index (χ2n) is 5.51. The molecular weight excluding hydrogens is 273 g/mol. The van der Waals surface area contributed by atoms with Crippen LogP contribution in [0.1, 0.15) is 24.1 Å². The normalized spacial score (nSPS) is 15.7. The fourth-order valence-electron chi connectivity index (χ4n) is 2.33. The van der Waals surface area contributed by atoms with Crippen LogP contribution in [0.25, 0.3) is 5.69 Å². The number of aryl methyl sites for hydroxylation is 1. The number of hydrogen-bond donors (Lipinski definition) is 2. The van der Waals surface area contributed by atoms with Crippen molar-refractivity contribution in [2.75, 3.05) is 12.0 Å². The smallest absolute Gasteiger partial charge is 0.410 e. The Morgan fingerprint density at radius 3 is 2.62 bits per heavy atom. The minimum atomic E-state index is -1.17. The predicted octanol–water partition coefficient (Wildman–Crippen LogP) is 3.27. The summed E-state index contributed by atoms with van der Waals surface area (Å²) in [6.07, 6.45) is 0.335. The number of hydrogen-bond acceptors (Lipinski definition) is 2. The Balaban J connectivity index is 2.04. The molecule has 0 unspecified atom stereocenters. The molecule has 1 aliphatic carbocycles. The van der Waals surface area contributed by atoms with E-state index in [0.29, 0.717) is 11.5 Å².